The van der Waals surface area contributed by atoms with E-state index in [9.17, 15) is 18.0 Å². The monoisotopic (exact) mass is 287 g/mol. The van der Waals surface area contributed by atoms with E-state index in [4.69, 9.17) is 0 Å². The highest BCUT2D eigenvalue weighted by Gasteiger charge is 2.61. The molecule has 0 saturated carbocycles. The molecule has 0 radical (unpaired) electrons. The molecule has 0 aliphatic carbocycles. The first kappa shape index (κ1) is 14.8. The van der Waals surface area contributed by atoms with Crippen LogP contribution >= 0.6 is 0 Å². The Bertz CT molecular complexity index is 469. The van der Waals surface area contributed by atoms with Crippen molar-refractivity contribution in [2.75, 3.05) is 13.1 Å². The summed E-state index contributed by atoms with van der Waals surface area (Å²) in [4.78, 5) is 15.9. The Kier molecular flexibility index (Phi) is 3.99. The smallest absolute Gasteiger partial charge is 0.349 e. The minimum Gasteiger partial charge on any atom is -0.349 e. The molecule has 1 amide bonds. The lowest BCUT2D eigenvalue weighted by molar-refractivity contribution is -0.216. The Hall–Kier alpha value is -1.63. The molecule has 20 heavy (non-hydrogen) atoms. The second-order valence-electron chi connectivity index (χ2n) is 4.98. The summed E-state index contributed by atoms with van der Waals surface area (Å²) >= 11 is 0. The first-order valence-electron chi connectivity index (χ1n) is 6.35. The average molecular weight is 287 g/mol. The normalized spacial score (nSPS) is 24.4. The van der Waals surface area contributed by atoms with Gasteiger partial charge in [0.25, 0.3) is 0 Å². The van der Waals surface area contributed by atoms with E-state index in [1.54, 1.807) is 19.1 Å². The van der Waals surface area contributed by atoms with Crippen molar-refractivity contribution in [2.45, 2.75) is 25.6 Å². The second kappa shape index (κ2) is 5.40. The molecule has 2 unspecified atom stereocenters. The van der Waals surface area contributed by atoms with Gasteiger partial charge >= 0.3 is 6.18 Å². The largest absolute Gasteiger partial charge is 0.404 e. The SMILES string of the molecule is CC(NC(=O)C1(C(F)(F)F)CCNC1)c1ccncc1. The zero-order valence-electron chi connectivity index (χ0n) is 11.0. The topological polar surface area (TPSA) is 54.0 Å². The van der Waals surface area contributed by atoms with E-state index >= 15 is 0 Å². The number of pyridine rings is 1. The Morgan fingerprint density at radius 3 is 2.60 bits per heavy atom. The number of alkyl halides is 3. The third-order valence-electron chi connectivity index (χ3n) is 3.69. The van der Waals surface area contributed by atoms with Crippen LogP contribution in [-0.2, 0) is 4.79 Å². The molecule has 0 aromatic carbocycles. The number of halogens is 3. The van der Waals surface area contributed by atoms with Gasteiger partial charge < -0.3 is 10.6 Å². The van der Waals surface area contributed by atoms with Crippen LogP contribution in [0.15, 0.2) is 24.5 Å². The van der Waals surface area contributed by atoms with Crippen LogP contribution in [0.4, 0.5) is 13.2 Å². The van der Waals surface area contributed by atoms with Gasteiger partial charge in [-0.15, -0.1) is 0 Å². The number of amides is 1. The summed E-state index contributed by atoms with van der Waals surface area (Å²) in [6, 6.07) is 2.83. The van der Waals surface area contributed by atoms with Crippen molar-refractivity contribution in [1.29, 1.82) is 0 Å². The zero-order chi connectivity index (χ0) is 14.8. The van der Waals surface area contributed by atoms with Crippen LogP contribution in [0, 0.1) is 5.41 Å². The third-order valence-corrected chi connectivity index (χ3v) is 3.69. The van der Waals surface area contributed by atoms with Gasteiger partial charge in [-0.1, -0.05) is 0 Å². The number of nitrogens with one attached hydrogen (secondary N) is 2. The minimum atomic E-state index is -4.56. The van der Waals surface area contributed by atoms with Gasteiger partial charge in [-0.2, -0.15) is 13.2 Å². The highest BCUT2D eigenvalue weighted by molar-refractivity contribution is 5.84. The summed E-state index contributed by atoms with van der Waals surface area (Å²) in [5, 5.41) is 5.08. The van der Waals surface area contributed by atoms with Gasteiger partial charge in [0.15, 0.2) is 5.41 Å². The third kappa shape index (κ3) is 2.63. The minimum absolute atomic E-state index is 0.191. The fraction of sp³-hybridized carbons (Fsp3) is 0.538. The number of hydrogen-bond acceptors (Lipinski definition) is 3. The van der Waals surface area contributed by atoms with Gasteiger partial charge in [0, 0.05) is 18.9 Å². The average Bonchev–Trinajstić information content (AvgIpc) is 2.90. The number of hydrogen-bond donors (Lipinski definition) is 2. The Morgan fingerprint density at radius 2 is 2.10 bits per heavy atom. The summed E-state index contributed by atoms with van der Waals surface area (Å²) < 4.78 is 39.6. The predicted molar refractivity (Wildman–Crippen MR) is 66.8 cm³/mol. The van der Waals surface area contributed by atoms with Crippen LogP contribution in [0.5, 0.6) is 0 Å². The summed E-state index contributed by atoms with van der Waals surface area (Å²) in [6.45, 7) is 1.47. The van der Waals surface area contributed by atoms with Crippen molar-refractivity contribution in [1.82, 2.24) is 15.6 Å². The Balaban J connectivity index is 2.14. The van der Waals surface area contributed by atoms with Crippen molar-refractivity contribution in [3.63, 3.8) is 0 Å². The van der Waals surface area contributed by atoms with Crippen LogP contribution in [0.25, 0.3) is 0 Å². The van der Waals surface area contributed by atoms with Gasteiger partial charge in [0.2, 0.25) is 5.91 Å². The molecule has 1 aliphatic heterocycles. The number of carbonyl (C=O) groups is 1. The summed E-state index contributed by atoms with van der Waals surface area (Å²) in [7, 11) is 0. The van der Waals surface area contributed by atoms with Crippen LogP contribution in [0.1, 0.15) is 24.9 Å². The van der Waals surface area contributed by atoms with Gasteiger partial charge in [-0.3, -0.25) is 9.78 Å². The molecule has 1 aromatic rings. The predicted octanol–water partition coefficient (Wildman–Crippen LogP) is 1.80. The molecule has 0 bridgehead atoms. The van der Waals surface area contributed by atoms with Crippen molar-refractivity contribution >= 4 is 5.91 Å². The molecule has 1 saturated heterocycles. The van der Waals surface area contributed by atoms with E-state index in [2.05, 4.69) is 15.6 Å². The van der Waals surface area contributed by atoms with E-state index in [0.717, 1.165) is 5.56 Å². The standard InChI is InChI=1S/C13H16F3N3O/c1-9(10-2-5-17-6-3-10)19-11(20)12(13(14,15)16)4-7-18-8-12/h2-3,5-6,9,18H,4,7-8H2,1H3,(H,19,20). The summed E-state index contributed by atoms with van der Waals surface area (Å²) in [5.41, 5.74) is -1.61. The Labute approximate surface area is 114 Å². The first-order chi connectivity index (χ1) is 9.37. The quantitative estimate of drug-likeness (QED) is 0.891. The van der Waals surface area contributed by atoms with Crippen molar-refractivity contribution in [2.24, 2.45) is 5.41 Å². The summed E-state index contributed by atoms with van der Waals surface area (Å²) in [5.74, 6) is -0.973. The van der Waals surface area contributed by atoms with E-state index in [1.807, 2.05) is 0 Å². The second-order valence-corrected chi connectivity index (χ2v) is 4.98. The molecular formula is C13H16F3N3O. The van der Waals surface area contributed by atoms with Crippen molar-refractivity contribution in [3.8, 4) is 0 Å². The van der Waals surface area contributed by atoms with E-state index in [0.29, 0.717) is 0 Å². The van der Waals surface area contributed by atoms with E-state index in [1.165, 1.54) is 12.4 Å². The molecule has 1 aliphatic rings. The summed E-state index contributed by atoms with van der Waals surface area (Å²) in [6.07, 6.45) is -1.72. The maximum Gasteiger partial charge on any atom is 0.404 e. The van der Waals surface area contributed by atoms with Crippen molar-refractivity contribution in [3.05, 3.63) is 30.1 Å². The molecule has 2 rings (SSSR count). The van der Waals surface area contributed by atoms with Crippen LogP contribution in [0.2, 0.25) is 0 Å². The maximum absolute atomic E-state index is 13.2. The van der Waals surface area contributed by atoms with Gasteiger partial charge in [-0.05, 0) is 37.6 Å². The fourth-order valence-corrected chi connectivity index (χ4v) is 2.33. The number of nitrogens with zero attached hydrogens (tertiary/aromatic N) is 1. The zero-order valence-corrected chi connectivity index (χ0v) is 11.0. The van der Waals surface area contributed by atoms with Gasteiger partial charge in [0.1, 0.15) is 0 Å². The van der Waals surface area contributed by atoms with Crippen molar-refractivity contribution < 1.29 is 18.0 Å². The maximum atomic E-state index is 13.2. The first-order valence-corrected chi connectivity index (χ1v) is 6.35. The fourth-order valence-electron chi connectivity index (χ4n) is 2.33. The molecule has 2 N–H and O–H groups in total. The molecule has 4 nitrogen and oxygen atoms in total. The Morgan fingerprint density at radius 1 is 1.45 bits per heavy atom. The molecule has 0 spiro atoms. The highest BCUT2D eigenvalue weighted by Crippen LogP contribution is 2.43. The number of rotatable bonds is 3. The van der Waals surface area contributed by atoms with Gasteiger partial charge in [0.05, 0.1) is 6.04 Å². The number of carbonyl (C=O) groups excluding carboxylic acids is 1. The van der Waals surface area contributed by atoms with Gasteiger partial charge in [-0.25, -0.2) is 0 Å². The van der Waals surface area contributed by atoms with E-state index in [-0.39, 0.29) is 19.5 Å². The molecule has 1 aromatic heterocycles. The lowest BCUT2D eigenvalue weighted by Gasteiger charge is -2.30. The van der Waals surface area contributed by atoms with Crippen LogP contribution in [-0.4, -0.2) is 30.2 Å². The molecule has 2 atom stereocenters. The molecule has 2 heterocycles. The lowest BCUT2D eigenvalue weighted by Crippen LogP contribution is -2.52. The number of aromatic nitrogens is 1. The molecular weight excluding hydrogens is 271 g/mol. The molecule has 7 heteroatoms. The van der Waals surface area contributed by atoms with Crippen LogP contribution in [0.3, 0.4) is 0 Å². The van der Waals surface area contributed by atoms with Crippen LogP contribution < -0.4 is 10.6 Å². The lowest BCUT2D eigenvalue weighted by atomic mass is 9.84. The highest BCUT2D eigenvalue weighted by atomic mass is 19.4. The van der Waals surface area contributed by atoms with E-state index < -0.39 is 23.5 Å². The molecule has 1 fully saturated rings. The molecule has 110 valence electrons.